The first-order valence-electron chi connectivity index (χ1n) is 6.21. The third-order valence-electron chi connectivity index (χ3n) is 2.96. The molecule has 0 aromatic heterocycles. The van der Waals surface area contributed by atoms with Crippen LogP contribution in [0.15, 0.2) is 24.3 Å². The van der Waals surface area contributed by atoms with Gasteiger partial charge in [-0.25, -0.2) is 0 Å². The maximum atomic E-state index is 8.94. The van der Waals surface area contributed by atoms with Crippen molar-refractivity contribution in [1.29, 1.82) is 5.26 Å². The Labute approximate surface area is 99.1 Å². The van der Waals surface area contributed by atoms with Crippen molar-refractivity contribution in [2.45, 2.75) is 46.0 Å². The van der Waals surface area contributed by atoms with E-state index < -0.39 is 0 Å². The minimum atomic E-state index is 0.260. The first-order chi connectivity index (χ1) is 7.76. The maximum Gasteiger partial charge on any atom is 0.0655 e. The van der Waals surface area contributed by atoms with Crippen molar-refractivity contribution in [1.82, 2.24) is 0 Å². The molecule has 1 unspecified atom stereocenters. The molecule has 0 fully saturated rings. The smallest absolute Gasteiger partial charge is 0.0655 e. The minimum absolute atomic E-state index is 0.260. The number of rotatable bonds is 6. The number of aryl methyl sites for hydroxylation is 2. The van der Waals surface area contributed by atoms with Gasteiger partial charge < -0.3 is 0 Å². The zero-order valence-electron chi connectivity index (χ0n) is 10.4. The molecule has 0 N–H and O–H groups in total. The lowest BCUT2D eigenvalue weighted by Gasteiger charge is -2.07. The van der Waals surface area contributed by atoms with Gasteiger partial charge in [0.2, 0.25) is 0 Å². The molecule has 1 heteroatoms. The summed E-state index contributed by atoms with van der Waals surface area (Å²) in [7, 11) is 0. The van der Waals surface area contributed by atoms with E-state index in [0.717, 1.165) is 32.1 Å². The third kappa shape index (κ3) is 4.49. The highest BCUT2D eigenvalue weighted by molar-refractivity contribution is 5.21. The van der Waals surface area contributed by atoms with Gasteiger partial charge in [-0.2, -0.15) is 5.26 Å². The number of hydrogen-bond acceptors (Lipinski definition) is 1. The number of benzene rings is 1. The number of nitrogens with zero attached hydrogens (tertiary/aromatic N) is 1. The van der Waals surface area contributed by atoms with E-state index in [4.69, 9.17) is 5.26 Å². The van der Waals surface area contributed by atoms with E-state index >= 15 is 0 Å². The summed E-state index contributed by atoms with van der Waals surface area (Å²) in [4.78, 5) is 0. The Morgan fingerprint density at radius 3 is 2.44 bits per heavy atom. The molecule has 0 aliphatic rings. The molecule has 0 amide bonds. The molecule has 1 nitrogen and oxygen atoms in total. The summed E-state index contributed by atoms with van der Waals surface area (Å²) in [6.45, 7) is 4.25. The fraction of sp³-hybridized carbons (Fsp3) is 0.533. The van der Waals surface area contributed by atoms with Crippen LogP contribution in [0.4, 0.5) is 0 Å². The van der Waals surface area contributed by atoms with Crippen LogP contribution in [0.25, 0.3) is 0 Å². The van der Waals surface area contributed by atoms with Gasteiger partial charge in [-0.1, -0.05) is 43.2 Å². The third-order valence-corrected chi connectivity index (χ3v) is 2.96. The van der Waals surface area contributed by atoms with Crippen LogP contribution in [0.1, 0.15) is 43.7 Å². The van der Waals surface area contributed by atoms with Crippen LogP contribution >= 0.6 is 0 Å². The fourth-order valence-corrected chi connectivity index (χ4v) is 1.93. The van der Waals surface area contributed by atoms with Gasteiger partial charge >= 0.3 is 0 Å². The van der Waals surface area contributed by atoms with E-state index in [0.29, 0.717) is 0 Å². The fourth-order valence-electron chi connectivity index (χ4n) is 1.93. The molecular weight excluding hydrogens is 194 g/mol. The molecule has 0 spiro atoms. The second-order valence-corrected chi connectivity index (χ2v) is 4.49. The molecule has 0 saturated carbocycles. The molecular formula is C15H21N. The maximum absolute atomic E-state index is 8.94. The Balaban J connectivity index is 2.30. The molecule has 86 valence electrons. The first-order valence-corrected chi connectivity index (χ1v) is 6.21. The summed E-state index contributed by atoms with van der Waals surface area (Å²) in [5.74, 6) is 0.260. The molecule has 0 aliphatic carbocycles. The average molecular weight is 215 g/mol. The molecule has 0 heterocycles. The standard InChI is InChI=1S/C15H21N/c1-3-5-15(12-16)7-4-6-14-10-8-13(2)9-11-14/h8-11,15H,3-7H2,1-2H3. The van der Waals surface area contributed by atoms with E-state index in [1.807, 2.05) is 0 Å². The number of nitriles is 1. The minimum Gasteiger partial charge on any atom is -0.198 e. The summed E-state index contributed by atoms with van der Waals surface area (Å²) >= 11 is 0. The van der Waals surface area contributed by atoms with E-state index in [9.17, 15) is 0 Å². The lowest BCUT2D eigenvalue weighted by atomic mass is 9.97. The number of hydrogen-bond donors (Lipinski definition) is 0. The Hall–Kier alpha value is -1.29. The molecule has 1 atom stereocenters. The molecule has 1 rings (SSSR count). The Morgan fingerprint density at radius 1 is 1.19 bits per heavy atom. The summed E-state index contributed by atoms with van der Waals surface area (Å²) in [6, 6.07) is 11.1. The molecule has 0 radical (unpaired) electrons. The van der Waals surface area contributed by atoms with E-state index in [-0.39, 0.29) is 5.92 Å². The van der Waals surface area contributed by atoms with Gasteiger partial charge in [-0.05, 0) is 38.2 Å². The molecule has 1 aromatic carbocycles. The van der Waals surface area contributed by atoms with Crippen molar-refractivity contribution in [3.8, 4) is 6.07 Å². The highest BCUT2D eigenvalue weighted by Crippen LogP contribution is 2.15. The van der Waals surface area contributed by atoms with E-state index in [1.165, 1.54) is 11.1 Å². The highest BCUT2D eigenvalue weighted by atomic mass is 14.3. The zero-order valence-corrected chi connectivity index (χ0v) is 10.4. The molecule has 1 aromatic rings. The zero-order chi connectivity index (χ0) is 11.8. The normalized spacial score (nSPS) is 12.1. The van der Waals surface area contributed by atoms with Gasteiger partial charge in [0.15, 0.2) is 0 Å². The van der Waals surface area contributed by atoms with Crippen molar-refractivity contribution in [3.05, 3.63) is 35.4 Å². The van der Waals surface area contributed by atoms with Crippen LogP contribution in [0.3, 0.4) is 0 Å². The predicted octanol–water partition coefficient (Wildman–Crippen LogP) is 4.26. The quantitative estimate of drug-likeness (QED) is 0.695. The van der Waals surface area contributed by atoms with Gasteiger partial charge in [0, 0.05) is 5.92 Å². The summed E-state index contributed by atoms with van der Waals surface area (Å²) in [5, 5.41) is 8.94. The summed E-state index contributed by atoms with van der Waals surface area (Å²) in [6.07, 6.45) is 5.43. The van der Waals surface area contributed by atoms with Crippen molar-refractivity contribution in [2.75, 3.05) is 0 Å². The summed E-state index contributed by atoms with van der Waals surface area (Å²) in [5.41, 5.74) is 2.70. The van der Waals surface area contributed by atoms with Crippen LogP contribution in [0, 0.1) is 24.2 Å². The molecule has 16 heavy (non-hydrogen) atoms. The lowest BCUT2D eigenvalue weighted by molar-refractivity contribution is 0.526. The van der Waals surface area contributed by atoms with Crippen LogP contribution in [0.2, 0.25) is 0 Å². The van der Waals surface area contributed by atoms with Crippen molar-refractivity contribution >= 4 is 0 Å². The highest BCUT2D eigenvalue weighted by Gasteiger charge is 2.05. The van der Waals surface area contributed by atoms with Crippen LogP contribution < -0.4 is 0 Å². The van der Waals surface area contributed by atoms with Crippen LogP contribution in [0.5, 0.6) is 0 Å². The summed E-state index contributed by atoms with van der Waals surface area (Å²) < 4.78 is 0. The second kappa shape index (κ2) is 7.06. The van der Waals surface area contributed by atoms with Crippen molar-refractivity contribution in [2.24, 2.45) is 5.92 Å². The predicted molar refractivity (Wildman–Crippen MR) is 68.1 cm³/mol. The second-order valence-electron chi connectivity index (χ2n) is 4.49. The molecule has 0 bridgehead atoms. The topological polar surface area (TPSA) is 23.8 Å². The van der Waals surface area contributed by atoms with Gasteiger partial charge in [0.05, 0.1) is 6.07 Å². The molecule has 0 aliphatic heterocycles. The molecule has 0 saturated heterocycles. The van der Waals surface area contributed by atoms with Crippen molar-refractivity contribution in [3.63, 3.8) is 0 Å². The van der Waals surface area contributed by atoms with E-state index in [2.05, 4.69) is 44.2 Å². The lowest BCUT2D eigenvalue weighted by Crippen LogP contribution is -1.97. The Bertz CT molecular complexity index is 331. The Kier molecular flexibility index (Phi) is 5.64. The monoisotopic (exact) mass is 215 g/mol. The van der Waals surface area contributed by atoms with Crippen molar-refractivity contribution < 1.29 is 0 Å². The Morgan fingerprint density at radius 2 is 1.88 bits per heavy atom. The van der Waals surface area contributed by atoms with Crippen LogP contribution in [-0.4, -0.2) is 0 Å². The van der Waals surface area contributed by atoms with Gasteiger partial charge in [0.25, 0.3) is 0 Å². The van der Waals surface area contributed by atoms with E-state index in [1.54, 1.807) is 0 Å². The van der Waals surface area contributed by atoms with Gasteiger partial charge in [-0.15, -0.1) is 0 Å². The SMILES string of the molecule is CCCC(C#N)CCCc1ccc(C)cc1. The largest absolute Gasteiger partial charge is 0.198 e. The van der Waals surface area contributed by atoms with Gasteiger partial charge in [-0.3, -0.25) is 0 Å². The first kappa shape index (κ1) is 12.8. The average Bonchev–Trinajstić information content (AvgIpc) is 2.30. The van der Waals surface area contributed by atoms with Gasteiger partial charge in [0.1, 0.15) is 0 Å². The van der Waals surface area contributed by atoms with Crippen LogP contribution in [-0.2, 0) is 6.42 Å².